The zero-order valence-corrected chi connectivity index (χ0v) is 16.0. The molecule has 0 atom stereocenters. The predicted octanol–water partition coefficient (Wildman–Crippen LogP) is 2.28. The van der Waals surface area contributed by atoms with E-state index in [0.29, 0.717) is 25.4 Å². The number of nitrogens with zero attached hydrogens (tertiary/aromatic N) is 5. The van der Waals surface area contributed by atoms with Crippen LogP contribution in [0.15, 0.2) is 24.5 Å². The number of pyridine rings is 1. The summed E-state index contributed by atoms with van der Waals surface area (Å²) in [5.41, 5.74) is 5.38. The van der Waals surface area contributed by atoms with Crippen molar-refractivity contribution in [2.75, 3.05) is 20.3 Å². The molecule has 26 heavy (non-hydrogen) atoms. The van der Waals surface area contributed by atoms with E-state index >= 15 is 0 Å². The van der Waals surface area contributed by atoms with Gasteiger partial charge in [0.05, 0.1) is 12.3 Å². The first-order chi connectivity index (χ1) is 12.4. The van der Waals surface area contributed by atoms with Crippen molar-refractivity contribution in [1.29, 1.82) is 0 Å². The molecule has 7 nitrogen and oxygen atoms in total. The van der Waals surface area contributed by atoms with Gasteiger partial charge in [-0.05, 0) is 38.5 Å². The molecule has 0 aliphatic carbocycles. The summed E-state index contributed by atoms with van der Waals surface area (Å²) in [6.07, 6.45) is 3.70. The topological polar surface area (TPSA) is 64.7 Å². The van der Waals surface area contributed by atoms with Gasteiger partial charge in [-0.2, -0.15) is 5.10 Å². The number of imidazole rings is 1. The summed E-state index contributed by atoms with van der Waals surface area (Å²) in [7, 11) is 3.55. The van der Waals surface area contributed by atoms with Gasteiger partial charge in [-0.15, -0.1) is 0 Å². The highest BCUT2D eigenvalue weighted by atomic mass is 16.5. The normalized spacial score (nSPS) is 11.3. The molecular formula is C19H25N5O2. The Balaban J connectivity index is 1.91. The molecule has 0 aromatic carbocycles. The van der Waals surface area contributed by atoms with Gasteiger partial charge in [0.25, 0.3) is 5.91 Å². The van der Waals surface area contributed by atoms with Crippen LogP contribution >= 0.6 is 0 Å². The first-order valence-electron chi connectivity index (χ1n) is 8.63. The molecule has 0 aliphatic heterocycles. The molecule has 138 valence electrons. The van der Waals surface area contributed by atoms with E-state index in [9.17, 15) is 4.79 Å². The number of aryl methyl sites for hydroxylation is 3. The molecule has 7 heteroatoms. The summed E-state index contributed by atoms with van der Waals surface area (Å²) in [5, 5.41) is 4.45. The van der Waals surface area contributed by atoms with Gasteiger partial charge in [-0.3, -0.25) is 9.48 Å². The van der Waals surface area contributed by atoms with E-state index in [1.807, 2.05) is 55.2 Å². The number of hydrogen-bond acceptors (Lipinski definition) is 4. The third-order valence-electron chi connectivity index (χ3n) is 4.70. The molecule has 0 saturated carbocycles. The molecule has 0 saturated heterocycles. The Morgan fingerprint density at radius 2 is 2.08 bits per heavy atom. The fourth-order valence-corrected chi connectivity index (χ4v) is 3.04. The summed E-state index contributed by atoms with van der Waals surface area (Å²) in [4.78, 5) is 19.4. The van der Waals surface area contributed by atoms with Gasteiger partial charge in [0.15, 0.2) is 0 Å². The van der Waals surface area contributed by atoms with Gasteiger partial charge in [0.2, 0.25) is 0 Å². The molecule has 0 unspecified atom stereocenters. The van der Waals surface area contributed by atoms with Gasteiger partial charge in [0, 0.05) is 50.9 Å². The van der Waals surface area contributed by atoms with Crippen molar-refractivity contribution in [2.24, 2.45) is 7.05 Å². The Kier molecular flexibility index (Phi) is 5.08. The molecule has 3 rings (SSSR count). The van der Waals surface area contributed by atoms with Crippen LogP contribution in [0.1, 0.15) is 33.0 Å². The summed E-state index contributed by atoms with van der Waals surface area (Å²) in [6, 6.07) is 3.96. The van der Waals surface area contributed by atoms with Crippen molar-refractivity contribution >= 4 is 11.6 Å². The van der Waals surface area contributed by atoms with Crippen molar-refractivity contribution in [3.05, 3.63) is 52.7 Å². The Hall–Kier alpha value is -2.67. The van der Waals surface area contributed by atoms with Crippen LogP contribution < -0.4 is 0 Å². The number of hydrogen-bond donors (Lipinski definition) is 0. The van der Waals surface area contributed by atoms with Crippen LogP contribution in [0, 0.1) is 20.8 Å². The SMILES string of the molecule is COCCN(Cc1c(C)nn(C)c1C)C(=O)c1cn2ccc(C)cc2n1. The van der Waals surface area contributed by atoms with Crippen LogP contribution in [-0.2, 0) is 18.3 Å². The number of methoxy groups -OCH3 is 1. The lowest BCUT2D eigenvalue weighted by molar-refractivity contribution is 0.0674. The average molecular weight is 355 g/mol. The fraction of sp³-hybridized carbons (Fsp3) is 0.421. The van der Waals surface area contributed by atoms with Gasteiger partial charge >= 0.3 is 0 Å². The largest absolute Gasteiger partial charge is 0.383 e. The lowest BCUT2D eigenvalue weighted by atomic mass is 10.1. The van der Waals surface area contributed by atoms with E-state index in [4.69, 9.17) is 4.74 Å². The number of carbonyl (C=O) groups excluding carboxylic acids is 1. The summed E-state index contributed by atoms with van der Waals surface area (Å²) < 4.78 is 8.91. The predicted molar refractivity (Wildman–Crippen MR) is 99.2 cm³/mol. The lowest BCUT2D eigenvalue weighted by Gasteiger charge is -2.21. The molecule has 1 amide bonds. The number of fused-ring (bicyclic) bond motifs is 1. The monoisotopic (exact) mass is 355 g/mol. The van der Waals surface area contributed by atoms with Crippen LogP contribution in [0.2, 0.25) is 0 Å². The second kappa shape index (κ2) is 7.29. The van der Waals surface area contributed by atoms with E-state index in [1.165, 1.54) is 0 Å². The summed E-state index contributed by atoms with van der Waals surface area (Å²) >= 11 is 0. The third-order valence-corrected chi connectivity index (χ3v) is 4.70. The van der Waals surface area contributed by atoms with E-state index < -0.39 is 0 Å². The number of amides is 1. The quantitative estimate of drug-likeness (QED) is 0.680. The minimum atomic E-state index is -0.106. The van der Waals surface area contributed by atoms with Crippen LogP contribution in [0.25, 0.3) is 5.65 Å². The Morgan fingerprint density at radius 1 is 1.31 bits per heavy atom. The van der Waals surface area contributed by atoms with Crippen LogP contribution in [0.4, 0.5) is 0 Å². The van der Waals surface area contributed by atoms with Crippen molar-refractivity contribution in [1.82, 2.24) is 24.1 Å². The zero-order valence-electron chi connectivity index (χ0n) is 16.0. The van der Waals surface area contributed by atoms with Crippen molar-refractivity contribution in [2.45, 2.75) is 27.3 Å². The molecule has 0 N–H and O–H groups in total. The fourth-order valence-electron chi connectivity index (χ4n) is 3.04. The molecule has 3 aromatic rings. The number of aromatic nitrogens is 4. The highest BCUT2D eigenvalue weighted by Crippen LogP contribution is 2.17. The van der Waals surface area contributed by atoms with Gasteiger partial charge in [-0.1, -0.05) is 0 Å². The van der Waals surface area contributed by atoms with Crippen molar-refractivity contribution in [3.8, 4) is 0 Å². The molecule has 0 spiro atoms. The molecule has 0 radical (unpaired) electrons. The molecule has 0 fully saturated rings. The maximum absolute atomic E-state index is 13.1. The van der Waals surface area contributed by atoms with Gasteiger partial charge < -0.3 is 14.0 Å². The summed E-state index contributed by atoms with van der Waals surface area (Å²) in [5.74, 6) is -0.106. The Labute approximate surface area is 153 Å². The van der Waals surface area contributed by atoms with Gasteiger partial charge in [-0.25, -0.2) is 4.98 Å². The Bertz CT molecular complexity index is 941. The molecule has 0 bridgehead atoms. The summed E-state index contributed by atoms with van der Waals surface area (Å²) in [6.45, 7) is 7.44. The van der Waals surface area contributed by atoms with Gasteiger partial charge in [0.1, 0.15) is 11.3 Å². The smallest absolute Gasteiger partial charge is 0.274 e. The van der Waals surface area contributed by atoms with E-state index in [-0.39, 0.29) is 5.91 Å². The van der Waals surface area contributed by atoms with Crippen LogP contribution in [0.5, 0.6) is 0 Å². The number of rotatable bonds is 6. The lowest BCUT2D eigenvalue weighted by Crippen LogP contribution is -2.34. The third kappa shape index (κ3) is 3.48. The van der Waals surface area contributed by atoms with Crippen molar-refractivity contribution < 1.29 is 9.53 Å². The van der Waals surface area contributed by atoms with Crippen LogP contribution in [-0.4, -0.2) is 50.2 Å². The molecular weight excluding hydrogens is 330 g/mol. The van der Waals surface area contributed by atoms with E-state index in [1.54, 1.807) is 18.2 Å². The first-order valence-corrected chi connectivity index (χ1v) is 8.63. The number of ether oxygens (including phenoxy) is 1. The maximum Gasteiger partial charge on any atom is 0.274 e. The van der Waals surface area contributed by atoms with Crippen LogP contribution in [0.3, 0.4) is 0 Å². The standard InChI is InChI=1S/C19H25N5O2/c1-13-6-7-23-12-17(20-18(23)10-13)19(25)24(8-9-26-5)11-16-14(2)21-22(4)15(16)3/h6-7,10,12H,8-9,11H2,1-5H3. The van der Waals surface area contributed by atoms with E-state index in [2.05, 4.69) is 10.1 Å². The minimum absolute atomic E-state index is 0.106. The molecule has 3 aromatic heterocycles. The maximum atomic E-state index is 13.1. The highest BCUT2D eigenvalue weighted by Gasteiger charge is 2.22. The average Bonchev–Trinajstić information content (AvgIpc) is 3.13. The first kappa shape index (κ1) is 18.1. The molecule has 0 aliphatic rings. The Morgan fingerprint density at radius 3 is 2.73 bits per heavy atom. The van der Waals surface area contributed by atoms with Crippen molar-refractivity contribution in [3.63, 3.8) is 0 Å². The minimum Gasteiger partial charge on any atom is -0.383 e. The second-order valence-electron chi connectivity index (χ2n) is 6.59. The van der Waals surface area contributed by atoms with E-state index in [0.717, 1.165) is 28.2 Å². The molecule has 3 heterocycles. The zero-order chi connectivity index (χ0) is 18.8. The number of carbonyl (C=O) groups is 1. The highest BCUT2D eigenvalue weighted by molar-refractivity contribution is 5.93. The second-order valence-corrected chi connectivity index (χ2v) is 6.59.